The number of carboxylic acid groups (broad SMARTS) is 1. The van der Waals surface area contributed by atoms with E-state index in [9.17, 15) is 24.0 Å². The molecule has 11 heteroatoms. The van der Waals surface area contributed by atoms with Crippen LogP contribution in [0, 0.1) is 5.92 Å². The summed E-state index contributed by atoms with van der Waals surface area (Å²) in [4.78, 5) is 67.7. The van der Waals surface area contributed by atoms with Gasteiger partial charge in [-0.3, -0.25) is 34.3 Å². The van der Waals surface area contributed by atoms with Gasteiger partial charge in [-0.2, -0.15) is 0 Å². The van der Waals surface area contributed by atoms with E-state index < -0.39 is 35.8 Å². The lowest BCUT2D eigenvalue weighted by atomic mass is 10.0. The lowest BCUT2D eigenvalue weighted by molar-refractivity contribution is -0.136. The number of amides is 5. The average Bonchev–Trinajstić information content (AvgIpc) is 3.38. The highest BCUT2D eigenvalue weighted by Gasteiger charge is 2.44. The maximum absolute atomic E-state index is 13.1. The average molecular weight is 469 g/mol. The van der Waals surface area contributed by atoms with E-state index in [-0.39, 0.29) is 24.0 Å². The number of carbonyl (C=O) groups excluding carboxylic acids is 4. The van der Waals surface area contributed by atoms with Crippen molar-refractivity contribution in [2.24, 2.45) is 5.92 Å². The SMILES string of the molecule is O=C1CCC(N2C(=O)c3ccc(N4CCN(CC5CCN(C(=O)O)C5)CC4)cc3C2=O)C(=O)N1. The number of fused-ring (bicyclic) bond motifs is 1. The van der Waals surface area contributed by atoms with E-state index in [4.69, 9.17) is 5.11 Å². The van der Waals surface area contributed by atoms with Crippen molar-refractivity contribution in [3.05, 3.63) is 29.3 Å². The third kappa shape index (κ3) is 4.00. The van der Waals surface area contributed by atoms with Gasteiger partial charge in [-0.25, -0.2) is 4.79 Å². The Morgan fingerprint density at radius 1 is 0.971 bits per heavy atom. The molecule has 180 valence electrons. The Morgan fingerprint density at radius 3 is 2.38 bits per heavy atom. The summed E-state index contributed by atoms with van der Waals surface area (Å²) in [6.45, 7) is 5.22. The fourth-order valence-electron chi connectivity index (χ4n) is 5.36. The van der Waals surface area contributed by atoms with E-state index in [1.54, 1.807) is 12.1 Å². The molecule has 0 saturated carbocycles. The van der Waals surface area contributed by atoms with Gasteiger partial charge in [-0.05, 0) is 37.0 Å². The first-order chi connectivity index (χ1) is 16.3. The molecule has 34 heavy (non-hydrogen) atoms. The van der Waals surface area contributed by atoms with Crippen LogP contribution in [-0.2, 0) is 9.59 Å². The molecule has 4 aliphatic heterocycles. The number of carbonyl (C=O) groups is 5. The Bertz CT molecular complexity index is 1070. The first kappa shape index (κ1) is 22.3. The summed E-state index contributed by atoms with van der Waals surface area (Å²) in [5.41, 5.74) is 1.42. The first-order valence-electron chi connectivity index (χ1n) is 11.6. The Labute approximate surface area is 196 Å². The van der Waals surface area contributed by atoms with Crippen LogP contribution < -0.4 is 10.2 Å². The molecule has 0 spiro atoms. The Kier molecular flexibility index (Phi) is 5.72. The molecule has 0 radical (unpaired) electrons. The molecular formula is C23H27N5O6. The third-order valence-corrected chi connectivity index (χ3v) is 7.23. The van der Waals surface area contributed by atoms with Crippen LogP contribution in [0.4, 0.5) is 10.5 Å². The molecule has 5 rings (SSSR count). The van der Waals surface area contributed by atoms with Crippen LogP contribution in [0.15, 0.2) is 18.2 Å². The number of hydrogen-bond donors (Lipinski definition) is 2. The van der Waals surface area contributed by atoms with Gasteiger partial charge in [0.05, 0.1) is 11.1 Å². The fourth-order valence-corrected chi connectivity index (χ4v) is 5.36. The monoisotopic (exact) mass is 469 g/mol. The van der Waals surface area contributed by atoms with Gasteiger partial charge < -0.3 is 14.9 Å². The van der Waals surface area contributed by atoms with E-state index in [0.717, 1.165) is 49.7 Å². The largest absolute Gasteiger partial charge is 0.465 e. The molecular weight excluding hydrogens is 442 g/mol. The maximum atomic E-state index is 13.1. The summed E-state index contributed by atoms with van der Waals surface area (Å²) >= 11 is 0. The minimum atomic E-state index is -0.968. The van der Waals surface area contributed by atoms with Crippen LogP contribution in [0.3, 0.4) is 0 Å². The topological polar surface area (TPSA) is 131 Å². The van der Waals surface area contributed by atoms with Crippen molar-refractivity contribution < 1.29 is 29.1 Å². The molecule has 2 unspecified atom stereocenters. The van der Waals surface area contributed by atoms with Gasteiger partial charge in [0, 0.05) is 57.9 Å². The molecule has 4 heterocycles. The highest BCUT2D eigenvalue weighted by atomic mass is 16.4. The number of piperidine rings is 1. The molecule has 5 amide bonds. The lowest BCUT2D eigenvalue weighted by Gasteiger charge is -2.37. The summed E-state index contributed by atoms with van der Waals surface area (Å²) < 4.78 is 0. The van der Waals surface area contributed by atoms with E-state index in [2.05, 4.69) is 15.1 Å². The van der Waals surface area contributed by atoms with Crippen molar-refractivity contribution in [1.29, 1.82) is 0 Å². The fraction of sp³-hybridized carbons (Fsp3) is 0.522. The maximum Gasteiger partial charge on any atom is 0.407 e. The van der Waals surface area contributed by atoms with Crippen molar-refractivity contribution in [1.82, 2.24) is 20.0 Å². The smallest absolute Gasteiger partial charge is 0.407 e. The van der Waals surface area contributed by atoms with E-state index in [0.29, 0.717) is 19.0 Å². The third-order valence-electron chi connectivity index (χ3n) is 7.23. The van der Waals surface area contributed by atoms with Crippen molar-refractivity contribution >= 4 is 35.4 Å². The minimum Gasteiger partial charge on any atom is -0.465 e. The zero-order valence-electron chi connectivity index (χ0n) is 18.7. The molecule has 1 aromatic rings. The molecule has 4 aliphatic rings. The number of nitrogens with one attached hydrogen (secondary N) is 1. The van der Waals surface area contributed by atoms with Crippen LogP contribution in [0.2, 0.25) is 0 Å². The number of benzene rings is 1. The molecule has 3 fully saturated rings. The Hall–Kier alpha value is -3.47. The molecule has 2 N–H and O–H groups in total. The van der Waals surface area contributed by atoms with Crippen molar-refractivity contribution in [3.8, 4) is 0 Å². The zero-order chi connectivity index (χ0) is 24.0. The standard InChI is InChI=1S/C23H27N5O6/c29-19-4-3-18(20(30)24-19)28-21(31)16-2-1-15(11-17(16)22(28)32)26-9-7-25(8-10-26)12-14-5-6-27(13-14)23(33)34/h1-2,11,14,18H,3-10,12-13H2,(H,33,34)(H,24,29,30). The highest BCUT2D eigenvalue weighted by Crippen LogP contribution is 2.31. The minimum absolute atomic E-state index is 0.0918. The van der Waals surface area contributed by atoms with Crippen LogP contribution in [0.25, 0.3) is 0 Å². The molecule has 1 aromatic carbocycles. The summed E-state index contributed by atoms with van der Waals surface area (Å²) in [5.74, 6) is -1.66. The number of nitrogens with zero attached hydrogens (tertiary/aromatic N) is 4. The zero-order valence-corrected chi connectivity index (χ0v) is 18.7. The molecule has 0 bridgehead atoms. The van der Waals surface area contributed by atoms with Gasteiger partial charge in [-0.15, -0.1) is 0 Å². The predicted octanol–water partition coefficient (Wildman–Crippen LogP) is 0.210. The van der Waals surface area contributed by atoms with E-state index in [1.807, 2.05) is 6.07 Å². The lowest BCUT2D eigenvalue weighted by Crippen LogP contribution is -2.54. The van der Waals surface area contributed by atoms with Gasteiger partial charge >= 0.3 is 6.09 Å². The van der Waals surface area contributed by atoms with Crippen LogP contribution in [0.1, 0.15) is 40.0 Å². The van der Waals surface area contributed by atoms with Gasteiger partial charge in [0.25, 0.3) is 11.8 Å². The summed E-state index contributed by atoms with van der Waals surface area (Å²) in [7, 11) is 0. The molecule has 0 aromatic heterocycles. The number of rotatable bonds is 4. The van der Waals surface area contributed by atoms with Gasteiger partial charge in [-0.1, -0.05) is 0 Å². The Balaban J connectivity index is 1.22. The van der Waals surface area contributed by atoms with Crippen LogP contribution in [0.5, 0.6) is 0 Å². The first-order valence-corrected chi connectivity index (χ1v) is 11.6. The van der Waals surface area contributed by atoms with Crippen molar-refractivity contribution in [2.75, 3.05) is 50.7 Å². The normalized spacial score (nSPS) is 25.7. The quantitative estimate of drug-likeness (QED) is 0.599. The van der Waals surface area contributed by atoms with Crippen LogP contribution >= 0.6 is 0 Å². The molecule has 2 atom stereocenters. The summed E-state index contributed by atoms with van der Waals surface area (Å²) in [6.07, 6.45) is 0.259. The van der Waals surface area contributed by atoms with Crippen molar-refractivity contribution in [2.45, 2.75) is 25.3 Å². The molecule has 3 saturated heterocycles. The number of imide groups is 2. The second kappa shape index (κ2) is 8.71. The summed E-state index contributed by atoms with van der Waals surface area (Å²) in [6, 6.07) is 4.22. The van der Waals surface area contributed by atoms with Gasteiger partial charge in [0.1, 0.15) is 6.04 Å². The number of likely N-dealkylation sites (tertiary alicyclic amines) is 1. The number of piperazine rings is 1. The Morgan fingerprint density at radius 2 is 1.71 bits per heavy atom. The second-order valence-corrected chi connectivity index (χ2v) is 9.35. The van der Waals surface area contributed by atoms with E-state index in [1.165, 1.54) is 4.90 Å². The van der Waals surface area contributed by atoms with Gasteiger partial charge in [0.2, 0.25) is 11.8 Å². The number of hydrogen-bond acceptors (Lipinski definition) is 7. The van der Waals surface area contributed by atoms with Crippen LogP contribution in [-0.4, -0.2) is 101 Å². The van der Waals surface area contributed by atoms with E-state index >= 15 is 0 Å². The van der Waals surface area contributed by atoms with Crippen molar-refractivity contribution in [3.63, 3.8) is 0 Å². The predicted molar refractivity (Wildman–Crippen MR) is 119 cm³/mol. The second-order valence-electron chi connectivity index (χ2n) is 9.35. The van der Waals surface area contributed by atoms with Gasteiger partial charge in [0.15, 0.2) is 0 Å². The highest BCUT2D eigenvalue weighted by molar-refractivity contribution is 6.23. The molecule has 0 aliphatic carbocycles. The molecule has 11 nitrogen and oxygen atoms in total. The summed E-state index contributed by atoms with van der Waals surface area (Å²) in [5, 5.41) is 11.3. The number of anilines is 1.